The van der Waals surface area contributed by atoms with Crippen molar-refractivity contribution in [3.8, 4) is 17.2 Å². The van der Waals surface area contributed by atoms with E-state index in [0.29, 0.717) is 45.8 Å². The first-order valence-corrected chi connectivity index (χ1v) is 13.8. The van der Waals surface area contributed by atoms with E-state index in [9.17, 15) is 10.1 Å². The van der Waals surface area contributed by atoms with Crippen LogP contribution in [0.2, 0.25) is 5.02 Å². The predicted octanol–water partition coefficient (Wildman–Crippen LogP) is 4.74. The van der Waals surface area contributed by atoms with Crippen molar-refractivity contribution >= 4 is 33.7 Å². The van der Waals surface area contributed by atoms with Crippen LogP contribution in [0.3, 0.4) is 0 Å². The van der Waals surface area contributed by atoms with E-state index >= 15 is 0 Å². The molecule has 1 N–H and O–H groups in total. The van der Waals surface area contributed by atoms with Crippen molar-refractivity contribution in [1.29, 1.82) is 5.26 Å². The number of nitriles is 1. The minimum Gasteiger partial charge on any atom is -0.408 e. The number of aromatic nitrogens is 6. The molecule has 0 unspecified atom stereocenters. The molecule has 0 aliphatic carbocycles. The molecular weight excluding hydrogens is 528 g/mol. The summed E-state index contributed by atoms with van der Waals surface area (Å²) in [6.07, 6.45) is 6.42. The average Bonchev–Trinajstić information content (AvgIpc) is 3.48. The molecule has 1 aromatic carbocycles. The molecule has 5 heterocycles. The number of halogens is 1. The predicted molar refractivity (Wildman–Crippen MR) is 152 cm³/mol. The van der Waals surface area contributed by atoms with Gasteiger partial charge in [-0.05, 0) is 55.5 Å². The van der Waals surface area contributed by atoms with Crippen LogP contribution in [0.25, 0.3) is 33.3 Å². The number of hydrogen-bond acceptors (Lipinski definition) is 8. The van der Waals surface area contributed by atoms with E-state index in [1.54, 1.807) is 0 Å². The number of rotatable bonds is 6. The van der Waals surface area contributed by atoms with Crippen molar-refractivity contribution in [3.63, 3.8) is 0 Å². The van der Waals surface area contributed by atoms with Crippen molar-refractivity contribution in [3.05, 3.63) is 69.4 Å². The van der Waals surface area contributed by atoms with Crippen molar-refractivity contribution in [2.75, 3.05) is 13.1 Å². The summed E-state index contributed by atoms with van der Waals surface area (Å²) in [5.74, 6) is 0.628. The number of nitrogens with one attached hydrogen (secondary N) is 1. The number of nitrogens with zero attached hydrogens (tertiary/aromatic N) is 7. The highest BCUT2D eigenvalue weighted by Crippen LogP contribution is 2.37. The molecule has 1 aliphatic heterocycles. The Morgan fingerprint density at radius 2 is 2.05 bits per heavy atom. The first-order valence-electron chi connectivity index (χ1n) is 13.4. The van der Waals surface area contributed by atoms with Crippen LogP contribution >= 0.6 is 11.6 Å². The summed E-state index contributed by atoms with van der Waals surface area (Å²) in [5.41, 5.74) is 4.60. The van der Waals surface area contributed by atoms with E-state index in [4.69, 9.17) is 26.1 Å². The van der Waals surface area contributed by atoms with Crippen LogP contribution in [0, 0.1) is 23.2 Å². The Balaban J connectivity index is 1.51. The van der Waals surface area contributed by atoms with E-state index in [1.807, 2.05) is 29.1 Å². The molecular formula is C29H29ClN8O2. The molecule has 1 saturated heterocycles. The van der Waals surface area contributed by atoms with E-state index in [2.05, 4.69) is 42.1 Å². The van der Waals surface area contributed by atoms with Gasteiger partial charge in [-0.3, -0.25) is 4.57 Å². The van der Waals surface area contributed by atoms with Crippen molar-refractivity contribution in [2.24, 2.45) is 11.8 Å². The van der Waals surface area contributed by atoms with Gasteiger partial charge in [-0.15, -0.1) is 0 Å². The molecule has 6 rings (SSSR count). The molecule has 0 radical (unpaired) electrons. The molecule has 10 nitrogen and oxygen atoms in total. The van der Waals surface area contributed by atoms with Crippen LogP contribution in [0.15, 0.2) is 46.0 Å². The zero-order chi connectivity index (χ0) is 28.0. The van der Waals surface area contributed by atoms with Gasteiger partial charge >= 0.3 is 5.76 Å². The van der Waals surface area contributed by atoms with Crippen LogP contribution in [0.1, 0.15) is 50.3 Å². The number of benzene rings is 1. The lowest BCUT2D eigenvalue weighted by atomic mass is 9.93. The minimum atomic E-state index is -0.515. The molecule has 1 aliphatic rings. The SMILES string of the molecule is CC(C)Cc1nc2c(cnn2[C@@H]2CCNC[C@H]2C)c(-c2ccc3c(c2)oc(=O)n3Cc2ncc(Cl)cn2)c1C#N. The van der Waals surface area contributed by atoms with E-state index < -0.39 is 5.76 Å². The Kier molecular flexibility index (Phi) is 6.86. The fourth-order valence-electron chi connectivity index (χ4n) is 5.60. The van der Waals surface area contributed by atoms with Gasteiger partial charge < -0.3 is 9.73 Å². The second-order valence-corrected chi connectivity index (χ2v) is 11.3. The summed E-state index contributed by atoms with van der Waals surface area (Å²) < 4.78 is 9.17. The molecule has 204 valence electrons. The lowest BCUT2D eigenvalue weighted by molar-refractivity contribution is 0.260. The second-order valence-electron chi connectivity index (χ2n) is 10.8. The summed E-state index contributed by atoms with van der Waals surface area (Å²) in [4.78, 5) is 26.2. The monoisotopic (exact) mass is 556 g/mol. The Morgan fingerprint density at radius 3 is 2.77 bits per heavy atom. The standard InChI is InChI=1S/C29H29ClN8O2/c1-16(2)8-22-20(10-31)27(21-14-35-38(28(21)36-22)23-6-7-32-11-17(23)3)18-4-5-24-25(9-18)40-29(39)37(24)15-26-33-12-19(30)13-34-26/h4-5,9,12-14,16-17,23,32H,6-8,11,15H2,1-3H3/t17-,23-/m1/s1. The highest BCUT2D eigenvalue weighted by molar-refractivity contribution is 6.30. The van der Waals surface area contributed by atoms with Crippen LogP contribution in [0.5, 0.6) is 0 Å². The zero-order valence-corrected chi connectivity index (χ0v) is 23.3. The maximum atomic E-state index is 12.8. The quantitative estimate of drug-likeness (QED) is 0.318. The molecule has 0 amide bonds. The van der Waals surface area contributed by atoms with E-state index in [1.165, 1.54) is 17.0 Å². The summed E-state index contributed by atoms with van der Waals surface area (Å²) in [6, 6.07) is 8.20. The Hall–Kier alpha value is -4.07. The number of piperidine rings is 1. The topological polar surface area (TPSA) is 127 Å². The van der Waals surface area contributed by atoms with Gasteiger partial charge in [0.25, 0.3) is 0 Å². The Labute approximate surface area is 235 Å². The van der Waals surface area contributed by atoms with Crippen molar-refractivity contribution in [1.82, 2.24) is 34.6 Å². The third-order valence-corrected chi connectivity index (χ3v) is 7.71. The summed E-state index contributed by atoms with van der Waals surface area (Å²) >= 11 is 5.90. The third kappa shape index (κ3) is 4.65. The van der Waals surface area contributed by atoms with Gasteiger partial charge in [0.2, 0.25) is 0 Å². The van der Waals surface area contributed by atoms with Crippen molar-refractivity contribution in [2.45, 2.75) is 46.2 Å². The third-order valence-electron chi connectivity index (χ3n) is 7.52. The lowest BCUT2D eigenvalue weighted by Crippen LogP contribution is -2.36. The number of hydrogen-bond donors (Lipinski definition) is 1. The molecule has 4 aromatic heterocycles. The van der Waals surface area contributed by atoms with Crippen LogP contribution < -0.4 is 11.1 Å². The van der Waals surface area contributed by atoms with Gasteiger partial charge in [0.05, 0.1) is 40.6 Å². The maximum absolute atomic E-state index is 12.8. The van der Waals surface area contributed by atoms with E-state index in [0.717, 1.165) is 47.4 Å². The lowest BCUT2D eigenvalue weighted by Gasteiger charge is -2.30. The van der Waals surface area contributed by atoms with Crippen molar-refractivity contribution < 1.29 is 4.42 Å². The molecule has 0 spiro atoms. The molecule has 11 heteroatoms. The normalized spacial score (nSPS) is 17.6. The molecule has 0 bridgehead atoms. The van der Waals surface area contributed by atoms with Crippen LogP contribution in [-0.4, -0.2) is 42.4 Å². The summed E-state index contributed by atoms with van der Waals surface area (Å²) in [5, 5.41) is 19.8. The summed E-state index contributed by atoms with van der Waals surface area (Å²) in [7, 11) is 0. The zero-order valence-electron chi connectivity index (χ0n) is 22.6. The van der Waals surface area contributed by atoms with Gasteiger partial charge in [-0.1, -0.05) is 38.4 Å². The first-order chi connectivity index (χ1) is 19.3. The average molecular weight is 557 g/mol. The molecule has 0 saturated carbocycles. The molecule has 2 atom stereocenters. The minimum absolute atomic E-state index is 0.144. The highest BCUT2D eigenvalue weighted by Gasteiger charge is 2.28. The van der Waals surface area contributed by atoms with Gasteiger partial charge in [-0.2, -0.15) is 10.4 Å². The van der Waals surface area contributed by atoms with E-state index in [-0.39, 0.29) is 12.6 Å². The van der Waals surface area contributed by atoms with Crippen LogP contribution in [-0.2, 0) is 13.0 Å². The maximum Gasteiger partial charge on any atom is 0.420 e. The molecule has 40 heavy (non-hydrogen) atoms. The number of pyridine rings is 1. The van der Waals surface area contributed by atoms with Crippen LogP contribution in [0.4, 0.5) is 0 Å². The highest BCUT2D eigenvalue weighted by atomic mass is 35.5. The molecule has 5 aromatic rings. The molecule has 1 fully saturated rings. The second kappa shape index (κ2) is 10.5. The Bertz CT molecular complexity index is 1810. The van der Waals surface area contributed by atoms with Gasteiger partial charge in [0.1, 0.15) is 11.9 Å². The van der Waals surface area contributed by atoms with Gasteiger partial charge in [0.15, 0.2) is 11.2 Å². The fourth-order valence-corrected chi connectivity index (χ4v) is 5.70. The number of fused-ring (bicyclic) bond motifs is 2. The first kappa shape index (κ1) is 26.2. The fraction of sp³-hybridized carbons (Fsp3) is 0.379. The van der Waals surface area contributed by atoms with Gasteiger partial charge in [-0.25, -0.2) is 24.4 Å². The van der Waals surface area contributed by atoms with Gasteiger partial charge in [0, 0.05) is 23.3 Å². The Morgan fingerprint density at radius 1 is 1.25 bits per heavy atom. The summed E-state index contributed by atoms with van der Waals surface area (Å²) in [6.45, 7) is 8.44. The largest absolute Gasteiger partial charge is 0.420 e. The smallest absolute Gasteiger partial charge is 0.408 e. The number of oxazole rings is 1.